The van der Waals surface area contributed by atoms with Gasteiger partial charge in [0.1, 0.15) is 5.54 Å². The summed E-state index contributed by atoms with van der Waals surface area (Å²) in [5.74, 6) is -0.00449. The second-order valence-corrected chi connectivity index (χ2v) is 4.41. The fraction of sp³-hybridized carbons (Fsp3) is 0.636. The van der Waals surface area contributed by atoms with Crippen molar-refractivity contribution in [2.75, 3.05) is 6.61 Å². The average Bonchev–Trinajstić information content (AvgIpc) is 2.72. The predicted octanol–water partition coefficient (Wildman–Crippen LogP) is 0.811. The molecule has 98 valence electrons. The van der Waals surface area contributed by atoms with E-state index in [1.807, 2.05) is 13.8 Å². The van der Waals surface area contributed by atoms with Crippen LogP contribution in [-0.2, 0) is 4.79 Å². The maximum Gasteiger partial charge on any atom is 0.417 e. The summed E-state index contributed by atoms with van der Waals surface area (Å²) < 4.78 is 9.69. The highest BCUT2D eigenvalue weighted by Crippen LogP contribution is 2.15. The zero-order chi connectivity index (χ0) is 13.8. The van der Waals surface area contributed by atoms with Gasteiger partial charge in [-0.2, -0.15) is 10.2 Å². The third kappa shape index (κ3) is 3.45. The van der Waals surface area contributed by atoms with Crippen LogP contribution in [0.3, 0.4) is 0 Å². The molecule has 1 rings (SSSR count). The maximum atomic E-state index is 11.6. The lowest BCUT2D eigenvalue weighted by atomic mass is 9.90. The molecule has 0 saturated heterocycles. The predicted molar refractivity (Wildman–Crippen MR) is 61.5 cm³/mol. The van der Waals surface area contributed by atoms with Crippen LogP contribution >= 0.6 is 0 Å². The van der Waals surface area contributed by atoms with Crippen LogP contribution in [0.25, 0.3) is 0 Å². The summed E-state index contributed by atoms with van der Waals surface area (Å²) in [5, 5.41) is 15.2. The van der Waals surface area contributed by atoms with Gasteiger partial charge in [0.15, 0.2) is 12.4 Å². The van der Waals surface area contributed by atoms with Crippen LogP contribution in [0.1, 0.15) is 26.6 Å². The number of rotatable bonds is 5. The molecule has 0 aromatic carbocycles. The second-order valence-electron chi connectivity index (χ2n) is 4.41. The fourth-order valence-corrected chi connectivity index (χ4v) is 1.09. The monoisotopic (exact) mass is 252 g/mol. The molecule has 18 heavy (non-hydrogen) atoms. The molecule has 0 aliphatic carbocycles. The second kappa shape index (κ2) is 5.49. The Morgan fingerprint density at radius 3 is 2.78 bits per heavy atom. The van der Waals surface area contributed by atoms with E-state index in [0.717, 1.165) is 0 Å². The van der Waals surface area contributed by atoms with Crippen molar-refractivity contribution in [3.8, 4) is 12.1 Å². The summed E-state index contributed by atoms with van der Waals surface area (Å²) in [6.07, 6.45) is -0.0640. The van der Waals surface area contributed by atoms with E-state index in [9.17, 15) is 4.79 Å². The van der Waals surface area contributed by atoms with E-state index in [0.29, 0.717) is 5.82 Å². The Hall–Kier alpha value is -2.10. The van der Waals surface area contributed by atoms with Gasteiger partial charge in [-0.1, -0.05) is 19.0 Å². The summed E-state index contributed by atoms with van der Waals surface area (Å²) in [6.45, 7) is 6.73. The summed E-state index contributed by atoms with van der Waals surface area (Å²) >= 11 is 0. The van der Waals surface area contributed by atoms with Crippen LogP contribution in [0, 0.1) is 24.2 Å². The van der Waals surface area contributed by atoms with Gasteiger partial charge in [-0.15, -0.1) is 0 Å². The number of carbonyl (C=O) groups is 1. The van der Waals surface area contributed by atoms with E-state index in [2.05, 4.69) is 21.5 Å². The lowest BCUT2D eigenvalue weighted by molar-refractivity contribution is -0.125. The van der Waals surface area contributed by atoms with Gasteiger partial charge >= 0.3 is 6.08 Å². The fourth-order valence-electron chi connectivity index (χ4n) is 1.09. The van der Waals surface area contributed by atoms with E-state index in [-0.39, 0.29) is 18.6 Å². The van der Waals surface area contributed by atoms with Crippen molar-refractivity contribution in [3.63, 3.8) is 0 Å². The number of hydrogen-bond donors (Lipinski definition) is 1. The van der Waals surface area contributed by atoms with Crippen molar-refractivity contribution in [2.45, 2.75) is 33.2 Å². The van der Waals surface area contributed by atoms with Gasteiger partial charge in [-0.3, -0.25) is 9.32 Å². The molecule has 0 aliphatic heterocycles. The Kier molecular flexibility index (Phi) is 4.26. The summed E-state index contributed by atoms with van der Waals surface area (Å²) in [4.78, 5) is 15.4. The van der Waals surface area contributed by atoms with Crippen LogP contribution in [0.2, 0.25) is 0 Å². The summed E-state index contributed by atoms with van der Waals surface area (Å²) in [5.41, 5.74) is -0.925. The Labute approximate surface area is 105 Å². The smallest absolute Gasteiger partial charge is 0.417 e. The van der Waals surface area contributed by atoms with Gasteiger partial charge in [0, 0.05) is 0 Å². The zero-order valence-electron chi connectivity index (χ0n) is 10.9. The Bertz CT molecular complexity index is 463. The van der Waals surface area contributed by atoms with Crippen molar-refractivity contribution in [3.05, 3.63) is 5.82 Å². The molecule has 1 aromatic heterocycles. The van der Waals surface area contributed by atoms with Crippen LogP contribution in [-0.4, -0.2) is 28.2 Å². The maximum absolute atomic E-state index is 11.6. The molecule has 1 atom stereocenters. The highest BCUT2D eigenvalue weighted by molar-refractivity contribution is 5.78. The lowest BCUT2D eigenvalue weighted by Gasteiger charge is -2.26. The van der Waals surface area contributed by atoms with Crippen molar-refractivity contribution in [1.82, 2.24) is 15.5 Å². The van der Waals surface area contributed by atoms with Crippen LogP contribution in [0.4, 0.5) is 0 Å². The highest BCUT2D eigenvalue weighted by Gasteiger charge is 2.30. The van der Waals surface area contributed by atoms with Crippen molar-refractivity contribution >= 4 is 5.91 Å². The molecule has 1 N–H and O–H groups in total. The molecular weight excluding hydrogens is 236 g/mol. The first-order valence-electron chi connectivity index (χ1n) is 5.52. The van der Waals surface area contributed by atoms with Gasteiger partial charge in [-0.05, 0) is 19.8 Å². The molecule has 0 fully saturated rings. The number of nitrogens with zero attached hydrogens (tertiary/aromatic N) is 3. The SMILES string of the molecule is Cc1noc(OCC(=O)N[C@](C)(C#N)C(C)C)n1. The third-order valence-electron chi connectivity index (χ3n) is 2.62. The largest absolute Gasteiger partial charge is 0.439 e. The number of carbonyl (C=O) groups excluding carboxylic acids is 1. The molecule has 1 amide bonds. The van der Waals surface area contributed by atoms with Gasteiger partial charge in [-0.25, -0.2) is 0 Å². The van der Waals surface area contributed by atoms with Crippen molar-refractivity contribution in [2.24, 2.45) is 5.92 Å². The van der Waals surface area contributed by atoms with Gasteiger partial charge < -0.3 is 10.1 Å². The lowest BCUT2D eigenvalue weighted by Crippen LogP contribution is -2.50. The number of nitriles is 1. The van der Waals surface area contributed by atoms with E-state index < -0.39 is 11.4 Å². The first kappa shape index (κ1) is 14.0. The van der Waals surface area contributed by atoms with Gasteiger partial charge in [0.05, 0.1) is 6.07 Å². The first-order valence-corrected chi connectivity index (χ1v) is 5.52. The zero-order valence-corrected chi connectivity index (χ0v) is 10.9. The molecule has 7 heteroatoms. The molecule has 0 radical (unpaired) electrons. The van der Waals surface area contributed by atoms with Crippen molar-refractivity contribution in [1.29, 1.82) is 5.26 Å². The third-order valence-corrected chi connectivity index (χ3v) is 2.62. The van der Waals surface area contributed by atoms with Crippen molar-refractivity contribution < 1.29 is 14.1 Å². The quantitative estimate of drug-likeness (QED) is 0.832. The average molecular weight is 252 g/mol. The van der Waals surface area contributed by atoms with Crippen LogP contribution in [0.5, 0.6) is 6.08 Å². The number of nitrogens with one attached hydrogen (secondary N) is 1. The number of amides is 1. The number of ether oxygens (including phenoxy) is 1. The molecule has 7 nitrogen and oxygen atoms in total. The minimum absolute atomic E-state index is 0.0166. The molecule has 0 aliphatic rings. The van der Waals surface area contributed by atoms with E-state index in [1.54, 1.807) is 13.8 Å². The molecule has 1 aromatic rings. The number of aryl methyl sites for hydroxylation is 1. The minimum atomic E-state index is -0.925. The minimum Gasteiger partial charge on any atom is -0.439 e. The van der Waals surface area contributed by atoms with E-state index in [1.165, 1.54) is 0 Å². The summed E-state index contributed by atoms with van der Waals surface area (Å²) in [7, 11) is 0. The molecule has 0 saturated carbocycles. The molecule has 0 unspecified atom stereocenters. The van der Waals surface area contributed by atoms with Gasteiger partial charge in [0.25, 0.3) is 5.91 Å². The summed E-state index contributed by atoms with van der Waals surface area (Å²) in [6, 6.07) is 2.07. The molecule has 0 spiro atoms. The normalized spacial score (nSPS) is 13.8. The van der Waals surface area contributed by atoms with E-state index >= 15 is 0 Å². The topological polar surface area (TPSA) is 101 Å². The first-order chi connectivity index (χ1) is 8.37. The van der Waals surface area contributed by atoms with E-state index in [4.69, 9.17) is 14.5 Å². The van der Waals surface area contributed by atoms with Crippen LogP contribution < -0.4 is 10.1 Å². The van der Waals surface area contributed by atoms with Crippen LogP contribution in [0.15, 0.2) is 4.52 Å². The Morgan fingerprint density at radius 1 is 1.67 bits per heavy atom. The number of hydrogen-bond acceptors (Lipinski definition) is 6. The highest BCUT2D eigenvalue weighted by atomic mass is 16.6. The Morgan fingerprint density at radius 2 is 2.33 bits per heavy atom. The molecule has 0 bridgehead atoms. The molecule has 1 heterocycles. The molecular formula is C11H16N4O3. The van der Waals surface area contributed by atoms with Gasteiger partial charge in [0.2, 0.25) is 0 Å². The Balaban J connectivity index is 2.50. The number of aromatic nitrogens is 2. The standard InChI is InChI=1S/C11H16N4O3/c1-7(2)11(4,6-12)14-9(16)5-17-10-13-8(3)15-18-10/h7H,5H2,1-4H3,(H,14,16)/t11-/m1/s1.